The van der Waals surface area contributed by atoms with E-state index in [1.807, 2.05) is 37.3 Å². The maximum absolute atomic E-state index is 13.6. The Hall–Kier alpha value is -3.23. The third kappa shape index (κ3) is 6.79. The first kappa shape index (κ1) is 27.8. The summed E-state index contributed by atoms with van der Waals surface area (Å²) in [5, 5.41) is 3.39. The van der Waals surface area contributed by atoms with E-state index in [1.165, 1.54) is 16.4 Å². The monoisotopic (exact) mass is 588 g/mol. The van der Waals surface area contributed by atoms with E-state index < -0.39 is 15.9 Å². The number of sulfonamides is 1. The number of carbonyl (C=O) groups is 1. The van der Waals surface area contributed by atoms with Crippen molar-refractivity contribution >= 4 is 62.1 Å². The summed E-state index contributed by atoms with van der Waals surface area (Å²) in [6.45, 7) is 1.74. The fourth-order valence-corrected chi connectivity index (χ4v) is 5.61. The zero-order valence-electron chi connectivity index (χ0n) is 20.2. The van der Waals surface area contributed by atoms with Crippen LogP contribution in [-0.4, -0.2) is 20.9 Å². The first-order valence-corrected chi connectivity index (χ1v) is 14.0. The van der Waals surface area contributed by atoms with Crippen LogP contribution in [-0.2, 0) is 21.4 Å². The normalized spacial score (nSPS) is 11.2. The molecule has 196 valence electrons. The maximum atomic E-state index is 13.6. The maximum Gasteiger partial charge on any atom is 0.264 e. The number of carbonyl (C=O) groups excluding carboxylic acids is 1. The number of anilines is 2. The molecule has 0 aliphatic rings. The molecule has 6 nitrogen and oxygen atoms in total. The summed E-state index contributed by atoms with van der Waals surface area (Å²) >= 11 is 18.0. The molecule has 0 saturated carbocycles. The number of ether oxygens (including phenoxy) is 1. The predicted octanol–water partition coefficient (Wildman–Crippen LogP) is 7.37. The zero-order valence-corrected chi connectivity index (χ0v) is 23.3. The fraction of sp³-hybridized carbons (Fsp3) is 0.107. The van der Waals surface area contributed by atoms with E-state index in [4.69, 9.17) is 39.5 Å². The van der Waals surface area contributed by atoms with Crippen LogP contribution in [0.1, 0.15) is 11.1 Å². The average Bonchev–Trinajstić information content (AvgIpc) is 2.90. The van der Waals surface area contributed by atoms with Gasteiger partial charge in [0, 0.05) is 0 Å². The van der Waals surface area contributed by atoms with Crippen molar-refractivity contribution in [2.75, 3.05) is 16.2 Å². The lowest BCUT2D eigenvalue weighted by molar-refractivity contribution is -0.118. The second-order valence-corrected chi connectivity index (χ2v) is 11.5. The largest absolute Gasteiger partial charge is 0.484 e. The van der Waals surface area contributed by atoms with Crippen molar-refractivity contribution in [3.8, 4) is 5.75 Å². The van der Waals surface area contributed by atoms with Gasteiger partial charge in [-0.15, -0.1) is 0 Å². The van der Waals surface area contributed by atoms with Crippen LogP contribution in [0.5, 0.6) is 5.75 Å². The van der Waals surface area contributed by atoms with Crippen molar-refractivity contribution in [2.24, 2.45) is 0 Å². The van der Waals surface area contributed by atoms with Gasteiger partial charge in [0.15, 0.2) is 6.61 Å². The highest BCUT2D eigenvalue weighted by atomic mass is 35.5. The topological polar surface area (TPSA) is 75.7 Å². The highest BCUT2D eigenvalue weighted by molar-refractivity contribution is 7.92. The quantitative estimate of drug-likeness (QED) is 0.207. The Morgan fingerprint density at radius 3 is 2.13 bits per heavy atom. The summed E-state index contributed by atoms with van der Waals surface area (Å²) in [5.74, 6) is -0.0708. The SMILES string of the molecule is Cc1ccc(S(=O)(=O)N(Cc2ccccc2)c2ccc(OCC(=O)Nc3cc(Cl)c(Cl)cc3Cl)cc2)cc1. The first-order chi connectivity index (χ1) is 18.1. The molecule has 0 aliphatic carbocycles. The van der Waals surface area contributed by atoms with Crippen LogP contribution < -0.4 is 14.4 Å². The van der Waals surface area contributed by atoms with E-state index in [9.17, 15) is 13.2 Å². The van der Waals surface area contributed by atoms with E-state index in [0.29, 0.717) is 17.1 Å². The predicted molar refractivity (Wildman–Crippen MR) is 153 cm³/mol. The van der Waals surface area contributed by atoms with Gasteiger partial charge < -0.3 is 10.1 Å². The van der Waals surface area contributed by atoms with Gasteiger partial charge in [-0.3, -0.25) is 9.10 Å². The number of aryl methyl sites for hydroxylation is 1. The molecule has 0 saturated heterocycles. The molecule has 0 bridgehead atoms. The molecule has 10 heteroatoms. The summed E-state index contributed by atoms with van der Waals surface area (Å²) in [5.41, 5.74) is 2.56. The van der Waals surface area contributed by atoms with Crippen molar-refractivity contribution in [1.29, 1.82) is 0 Å². The van der Waals surface area contributed by atoms with Crippen LogP contribution in [0.15, 0.2) is 95.9 Å². The number of benzene rings is 4. The van der Waals surface area contributed by atoms with Crippen LogP contribution in [0.3, 0.4) is 0 Å². The third-order valence-corrected chi connectivity index (χ3v) is 8.38. The lowest BCUT2D eigenvalue weighted by Gasteiger charge is -2.25. The highest BCUT2D eigenvalue weighted by Gasteiger charge is 2.25. The van der Waals surface area contributed by atoms with E-state index >= 15 is 0 Å². The Labute approximate surface area is 236 Å². The van der Waals surface area contributed by atoms with Crippen molar-refractivity contribution in [3.63, 3.8) is 0 Å². The molecule has 0 heterocycles. The number of hydrogen-bond donors (Lipinski definition) is 1. The van der Waals surface area contributed by atoms with Crippen molar-refractivity contribution in [3.05, 3.63) is 117 Å². The number of nitrogens with zero attached hydrogens (tertiary/aromatic N) is 1. The Morgan fingerprint density at radius 2 is 1.47 bits per heavy atom. The molecule has 0 aliphatic heterocycles. The van der Waals surface area contributed by atoms with Gasteiger partial charge in [-0.05, 0) is 61.0 Å². The number of hydrogen-bond acceptors (Lipinski definition) is 4. The van der Waals surface area contributed by atoms with Crippen LogP contribution >= 0.6 is 34.8 Å². The number of amides is 1. The molecule has 4 aromatic carbocycles. The second-order valence-electron chi connectivity index (χ2n) is 8.39. The first-order valence-electron chi connectivity index (χ1n) is 11.4. The lowest BCUT2D eigenvalue weighted by atomic mass is 10.2. The molecule has 38 heavy (non-hydrogen) atoms. The average molecular weight is 590 g/mol. The van der Waals surface area contributed by atoms with E-state index in [-0.39, 0.29) is 33.1 Å². The molecule has 1 N–H and O–H groups in total. The van der Waals surface area contributed by atoms with Crippen LogP contribution in [0, 0.1) is 6.92 Å². The molecule has 4 rings (SSSR count). The van der Waals surface area contributed by atoms with Gasteiger partial charge in [-0.1, -0.05) is 82.8 Å². The molecule has 4 aromatic rings. The molecule has 0 fully saturated rings. The van der Waals surface area contributed by atoms with E-state index in [0.717, 1.165) is 11.1 Å². The van der Waals surface area contributed by atoms with Crippen molar-refractivity contribution in [1.82, 2.24) is 0 Å². The van der Waals surface area contributed by atoms with Crippen LogP contribution in [0.25, 0.3) is 0 Å². The van der Waals surface area contributed by atoms with E-state index in [1.54, 1.807) is 48.5 Å². The van der Waals surface area contributed by atoms with Gasteiger partial charge in [0.25, 0.3) is 15.9 Å². The Kier molecular flexibility index (Phi) is 8.84. The minimum absolute atomic E-state index is 0.143. The minimum Gasteiger partial charge on any atom is -0.484 e. The van der Waals surface area contributed by atoms with Crippen LogP contribution in [0.4, 0.5) is 11.4 Å². The molecule has 0 spiro atoms. The molecule has 0 unspecified atom stereocenters. The smallest absolute Gasteiger partial charge is 0.264 e. The molecular weight excluding hydrogens is 567 g/mol. The number of rotatable bonds is 9. The van der Waals surface area contributed by atoms with E-state index in [2.05, 4.69) is 5.32 Å². The Balaban J connectivity index is 1.50. The number of nitrogens with one attached hydrogen (secondary N) is 1. The molecule has 1 amide bonds. The van der Waals surface area contributed by atoms with Crippen LogP contribution in [0.2, 0.25) is 15.1 Å². The molecule has 0 radical (unpaired) electrons. The molecular formula is C28H23Cl3N2O4S. The fourth-order valence-electron chi connectivity index (χ4n) is 3.56. The lowest BCUT2D eigenvalue weighted by Crippen LogP contribution is -2.30. The minimum atomic E-state index is -3.86. The third-order valence-electron chi connectivity index (χ3n) is 5.56. The summed E-state index contributed by atoms with van der Waals surface area (Å²) in [6.07, 6.45) is 0. The summed E-state index contributed by atoms with van der Waals surface area (Å²) < 4.78 is 34.1. The van der Waals surface area contributed by atoms with Crippen molar-refractivity contribution in [2.45, 2.75) is 18.4 Å². The van der Waals surface area contributed by atoms with Gasteiger partial charge in [-0.2, -0.15) is 0 Å². The summed E-state index contributed by atoms with van der Waals surface area (Å²) in [6, 6.07) is 25.4. The summed E-state index contributed by atoms with van der Waals surface area (Å²) in [7, 11) is -3.86. The van der Waals surface area contributed by atoms with Gasteiger partial charge in [0.05, 0.1) is 37.9 Å². The molecule has 0 aromatic heterocycles. The standard InChI is InChI=1S/C28H23Cl3N2O4S/c1-19-7-13-23(14-8-19)38(35,36)33(17-20-5-3-2-4-6-20)21-9-11-22(12-10-21)37-18-28(34)32-27-16-25(30)24(29)15-26(27)31/h2-16H,17-18H2,1H3,(H,32,34). The highest BCUT2D eigenvalue weighted by Crippen LogP contribution is 2.32. The molecule has 0 atom stereocenters. The second kappa shape index (κ2) is 12.1. The van der Waals surface area contributed by atoms with Crippen molar-refractivity contribution < 1.29 is 17.9 Å². The van der Waals surface area contributed by atoms with Gasteiger partial charge in [-0.25, -0.2) is 8.42 Å². The number of halogens is 3. The zero-order chi connectivity index (χ0) is 27.3. The van der Waals surface area contributed by atoms with Gasteiger partial charge in [0.1, 0.15) is 5.75 Å². The summed E-state index contributed by atoms with van der Waals surface area (Å²) in [4.78, 5) is 12.6. The van der Waals surface area contributed by atoms with Gasteiger partial charge in [0.2, 0.25) is 0 Å². The Morgan fingerprint density at radius 1 is 0.842 bits per heavy atom. The Bertz CT molecular complexity index is 1530. The van der Waals surface area contributed by atoms with Gasteiger partial charge >= 0.3 is 0 Å².